The summed E-state index contributed by atoms with van der Waals surface area (Å²) in [5, 5.41) is 0. The van der Waals surface area contributed by atoms with Crippen molar-refractivity contribution in [2.24, 2.45) is 0 Å². The molecule has 0 aromatic heterocycles. The number of hydrogen-bond acceptors (Lipinski definition) is 2. The predicted octanol–water partition coefficient (Wildman–Crippen LogP) is 2.54. The van der Waals surface area contributed by atoms with Gasteiger partial charge in [0.15, 0.2) is 0 Å². The van der Waals surface area contributed by atoms with Gasteiger partial charge in [0.1, 0.15) is 11.6 Å². The fourth-order valence-electron chi connectivity index (χ4n) is 1.26. The molecule has 13 heavy (non-hydrogen) atoms. The summed E-state index contributed by atoms with van der Waals surface area (Å²) in [6, 6.07) is 2.74. The molecule has 0 amide bonds. The summed E-state index contributed by atoms with van der Waals surface area (Å²) < 4.78 is 18.0. The molecule has 0 bridgehead atoms. The van der Waals surface area contributed by atoms with Gasteiger partial charge >= 0.3 is 0 Å². The Morgan fingerprint density at radius 2 is 2.00 bits per heavy atom. The molecule has 0 aliphatic rings. The van der Waals surface area contributed by atoms with E-state index in [1.807, 2.05) is 13.8 Å². The van der Waals surface area contributed by atoms with Crippen molar-refractivity contribution in [1.29, 1.82) is 0 Å². The third-order valence-electron chi connectivity index (χ3n) is 1.98. The Balaban J connectivity index is 3.27. The SMILES string of the molecule is COc1cc(F)cc(C(C)C)c1N. The Kier molecular flexibility index (Phi) is 2.76. The van der Waals surface area contributed by atoms with Gasteiger partial charge in [-0.25, -0.2) is 4.39 Å². The standard InChI is InChI=1S/C10H14FNO/c1-6(2)8-4-7(11)5-9(13-3)10(8)12/h4-6H,12H2,1-3H3. The largest absolute Gasteiger partial charge is 0.494 e. The summed E-state index contributed by atoms with van der Waals surface area (Å²) in [5.41, 5.74) is 7.09. The molecule has 0 saturated heterocycles. The third-order valence-corrected chi connectivity index (χ3v) is 1.98. The van der Waals surface area contributed by atoms with Crippen molar-refractivity contribution in [3.63, 3.8) is 0 Å². The lowest BCUT2D eigenvalue weighted by Crippen LogP contribution is -2.00. The maximum atomic E-state index is 13.0. The van der Waals surface area contributed by atoms with Crippen molar-refractivity contribution < 1.29 is 9.13 Å². The van der Waals surface area contributed by atoms with E-state index < -0.39 is 0 Å². The minimum absolute atomic E-state index is 0.199. The molecule has 2 N–H and O–H groups in total. The van der Waals surface area contributed by atoms with Crippen LogP contribution in [0.5, 0.6) is 5.75 Å². The monoisotopic (exact) mass is 183 g/mol. The van der Waals surface area contributed by atoms with E-state index in [2.05, 4.69) is 0 Å². The van der Waals surface area contributed by atoms with Gasteiger partial charge in [-0.15, -0.1) is 0 Å². The van der Waals surface area contributed by atoms with Gasteiger partial charge in [0.2, 0.25) is 0 Å². The highest BCUT2D eigenvalue weighted by Crippen LogP contribution is 2.31. The fraction of sp³-hybridized carbons (Fsp3) is 0.400. The molecular weight excluding hydrogens is 169 g/mol. The van der Waals surface area contributed by atoms with E-state index in [0.29, 0.717) is 11.4 Å². The maximum absolute atomic E-state index is 13.0. The summed E-state index contributed by atoms with van der Waals surface area (Å²) in [6.45, 7) is 3.93. The van der Waals surface area contributed by atoms with Crippen molar-refractivity contribution >= 4 is 5.69 Å². The molecule has 0 unspecified atom stereocenters. The molecule has 0 fully saturated rings. The smallest absolute Gasteiger partial charge is 0.144 e. The average Bonchev–Trinajstić information content (AvgIpc) is 2.08. The van der Waals surface area contributed by atoms with Gasteiger partial charge in [0.05, 0.1) is 12.8 Å². The minimum Gasteiger partial charge on any atom is -0.494 e. The van der Waals surface area contributed by atoms with Crippen molar-refractivity contribution in [2.45, 2.75) is 19.8 Å². The molecule has 0 heterocycles. The zero-order chi connectivity index (χ0) is 10.0. The van der Waals surface area contributed by atoms with Crippen LogP contribution in [0, 0.1) is 5.82 Å². The van der Waals surface area contributed by atoms with E-state index in [0.717, 1.165) is 5.56 Å². The third kappa shape index (κ3) is 1.91. The lowest BCUT2D eigenvalue weighted by Gasteiger charge is -2.12. The molecule has 0 aliphatic heterocycles. The van der Waals surface area contributed by atoms with E-state index in [-0.39, 0.29) is 11.7 Å². The molecule has 0 radical (unpaired) electrons. The molecular formula is C10H14FNO. The second kappa shape index (κ2) is 3.64. The zero-order valence-electron chi connectivity index (χ0n) is 8.10. The lowest BCUT2D eigenvalue weighted by atomic mass is 10.0. The number of anilines is 1. The highest BCUT2D eigenvalue weighted by atomic mass is 19.1. The lowest BCUT2D eigenvalue weighted by molar-refractivity contribution is 0.412. The Bertz CT molecular complexity index is 310. The topological polar surface area (TPSA) is 35.2 Å². The zero-order valence-corrected chi connectivity index (χ0v) is 8.10. The molecule has 1 aromatic carbocycles. The molecule has 1 rings (SSSR count). The first-order valence-corrected chi connectivity index (χ1v) is 4.19. The van der Waals surface area contributed by atoms with Gasteiger partial charge in [0, 0.05) is 6.07 Å². The molecule has 3 heteroatoms. The Labute approximate surface area is 77.5 Å². The molecule has 72 valence electrons. The van der Waals surface area contributed by atoms with Crippen LogP contribution < -0.4 is 10.5 Å². The van der Waals surface area contributed by atoms with Crippen LogP contribution in [0.25, 0.3) is 0 Å². The summed E-state index contributed by atoms with van der Waals surface area (Å²) >= 11 is 0. The van der Waals surface area contributed by atoms with Crippen LogP contribution in [-0.4, -0.2) is 7.11 Å². The number of nitrogen functional groups attached to an aromatic ring is 1. The van der Waals surface area contributed by atoms with Crippen LogP contribution in [0.15, 0.2) is 12.1 Å². The minimum atomic E-state index is -0.310. The quantitative estimate of drug-likeness (QED) is 0.715. The Morgan fingerprint density at radius 1 is 1.38 bits per heavy atom. The number of nitrogens with two attached hydrogens (primary N) is 1. The summed E-state index contributed by atoms with van der Waals surface area (Å²) in [4.78, 5) is 0. The molecule has 0 aliphatic carbocycles. The van der Waals surface area contributed by atoms with Crippen LogP contribution in [0.1, 0.15) is 25.3 Å². The van der Waals surface area contributed by atoms with Gasteiger partial charge < -0.3 is 10.5 Å². The Hall–Kier alpha value is -1.25. The summed E-state index contributed by atoms with van der Waals surface area (Å²) in [5.74, 6) is 0.294. The second-order valence-corrected chi connectivity index (χ2v) is 3.27. The van der Waals surface area contributed by atoms with E-state index >= 15 is 0 Å². The van der Waals surface area contributed by atoms with Gasteiger partial charge in [-0.3, -0.25) is 0 Å². The summed E-state index contributed by atoms with van der Waals surface area (Å²) in [7, 11) is 1.48. The molecule has 0 saturated carbocycles. The number of ether oxygens (including phenoxy) is 1. The van der Waals surface area contributed by atoms with Crippen LogP contribution in [-0.2, 0) is 0 Å². The molecule has 0 spiro atoms. The second-order valence-electron chi connectivity index (χ2n) is 3.27. The molecule has 0 atom stereocenters. The normalized spacial score (nSPS) is 10.5. The average molecular weight is 183 g/mol. The van der Waals surface area contributed by atoms with Crippen LogP contribution in [0.2, 0.25) is 0 Å². The van der Waals surface area contributed by atoms with E-state index in [4.69, 9.17) is 10.5 Å². The van der Waals surface area contributed by atoms with Crippen molar-refractivity contribution in [2.75, 3.05) is 12.8 Å². The first kappa shape index (κ1) is 9.84. The van der Waals surface area contributed by atoms with Crippen molar-refractivity contribution in [3.05, 3.63) is 23.5 Å². The molecule has 1 aromatic rings. The van der Waals surface area contributed by atoms with Crippen molar-refractivity contribution in [3.8, 4) is 5.75 Å². The number of hydrogen-bond donors (Lipinski definition) is 1. The molecule has 2 nitrogen and oxygen atoms in total. The van der Waals surface area contributed by atoms with E-state index in [9.17, 15) is 4.39 Å². The number of benzene rings is 1. The van der Waals surface area contributed by atoms with Crippen molar-refractivity contribution in [1.82, 2.24) is 0 Å². The van der Waals surface area contributed by atoms with Gasteiger partial charge in [-0.2, -0.15) is 0 Å². The van der Waals surface area contributed by atoms with Gasteiger partial charge in [0.25, 0.3) is 0 Å². The first-order chi connectivity index (χ1) is 6.06. The van der Waals surface area contributed by atoms with Gasteiger partial charge in [-0.05, 0) is 17.5 Å². The van der Waals surface area contributed by atoms with E-state index in [1.165, 1.54) is 19.2 Å². The fourth-order valence-corrected chi connectivity index (χ4v) is 1.26. The first-order valence-electron chi connectivity index (χ1n) is 4.19. The van der Waals surface area contributed by atoms with Gasteiger partial charge in [-0.1, -0.05) is 13.8 Å². The van der Waals surface area contributed by atoms with Crippen LogP contribution in [0.4, 0.5) is 10.1 Å². The highest BCUT2D eigenvalue weighted by molar-refractivity contribution is 5.59. The maximum Gasteiger partial charge on any atom is 0.144 e. The Morgan fingerprint density at radius 3 is 2.46 bits per heavy atom. The number of rotatable bonds is 2. The predicted molar refractivity (Wildman–Crippen MR) is 51.5 cm³/mol. The highest BCUT2D eigenvalue weighted by Gasteiger charge is 2.11. The number of halogens is 1. The van der Waals surface area contributed by atoms with Crippen LogP contribution >= 0.6 is 0 Å². The number of methoxy groups -OCH3 is 1. The van der Waals surface area contributed by atoms with E-state index in [1.54, 1.807) is 0 Å². The van der Waals surface area contributed by atoms with Crippen LogP contribution in [0.3, 0.4) is 0 Å². The summed E-state index contributed by atoms with van der Waals surface area (Å²) in [6.07, 6.45) is 0.